The minimum atomic E-state index is -0.996. The third kappa shape index (κ3) is 3.59. The largest absolute Gasteiger partial charge is 0.322 e. The Morgan fingerprint density at radius 3 is 2.73 bits per heavy atom. The third-order valence-electron chi connectivity index (χ3n) is 5.09. The molecule has 2 amide bonds. The summed E-state index contributed by atoms with van der Waals surface area (Å²) in [5.41, 5.74) is 2.35. The van der Waals surface area contributed by atoms with Gasteiger partial charge < -0.3 is 5.32 Å². The van der Waals surface area contributed by atoms with Crippen molar-refractivity contribution in [2.45, 2.75) is 32.1 Å². The summed E-state index contributed by atoms with van der Waals surface area (Å²) < 4.78 is 1.51. The van der Waals surface area contributed by atoms with Crippen LogP contribution in [0.25, 0.3) is 5.65 Å². The fourth-order valence-electron chi connectivity index (χ4n) is 3.54. The number of pyridine rings is 1. The smallest absolute Gasteiger partial charge is 0.258 e. The molecule has 0 spiro atoms. The number of fused-ring (bicyclic) bond motifs is 2. The second kappa shape index (κ2) is 7.60. The fourth-order valence-corrected chi connectivity index (χ4v) is 4.30. The first-order valence-corrected chi connectivity index (χ1v) is 10.7. The van der Waals surface area contributed by atoms with Crippen LogP contribution in [-0.4, -0.2) is 32.5 Å². The summed E-state index contributed by atoms with van der Waals surface area (Å²) in [4.78, 5) is 44.0. The predicted molar refractivity (Wildman–Crippen MR) is 119 cm³/mol. The molecule has 3 aromatic rings. The van der Waals surface area contributed by atoms with E-state index in [1.807, 2.05) is 37.3 Å². The van der Waals surface area contributed by atoms with Crippen molar-refractivity contribution in [2.75, 3.05) is 16.0 Å². The summed E-state index contributed by atoms with van der Waals surface area (Å²) in [7, 11) is 0. The van der Waals surface area contributed by atoms with Crippen molar-refractivity contribution in [3.8, 4) is 0 Å². The predicted octanol–water partition coefficient (Wildman–Crippen LogP) is 3.00. The van der Waals surface area contributed by atoms with E-state index in [-0.39, 0.29) is 23.1 Å². The Morgan fingerprint density at radius 1 is 1.17 bits per heavy atom. The highest BCUT2D eigenvalue weighted by Gasteiger charge is 2.43. The standard InChI is InChI=1S/C22H22N4O3S/c1-14-8-9-18-23-15(10-19(27)25(18)11-14)12-30-13-20(28)26-17-7-5-4-6-16(17)24-21(29)22(26,2)3/h4-11H,12-13H2,1-3H3,(H,24,29). The SMILES string of the molecule is Cc1ccc2nc(CSCC(=O)N3c4ccccc4NC(=O)C3(C)C)cc(=O)n2c1. The molecule has 1 aliphatic heterocycles. The summed E-state index contributed by atoms with van der Waals surface area (Å²) in [6, 6.07) is 12.5. The molecule has 0 bridgehead atoms. The van der Waals surface area contributed by atoms with Gasteiger partial charge in [0.2, 0.25) is 11.8 Å². The average molecular weight is 423 g/mol. The lowest BCUT2D eigenvalue weighted by Crippen LogP contribution is -2.59. The van der Waals surface area contributed by atoms with Gasteiger partial charge >= 0.3 is 0 Å². The highest BCUT2D eigenvalue weighted by atomic mass is 32.2. The maximum atomic E-state index is 13.1. The first-order chi connectivity index (χ1) is 14.3. The molecule has 2 aromatic heterocycles. The van der Waals surface area contributed by atoms with Crippen LogP contribution >= 0.6 is 11.8 Å². The van der Waals surface area contributed by atoms with Gasteiger partial charge in [0.05, 0.1) is 22.8 Å². The Kier molecular flexibility index (Phi) is 5.11. The number of para-hydroxylation sites is 2. The number of rotatable bonds is 4. The topological polar surface area (TPSA) is 83.8 Å². The number of aromatic nitrogens is 2. The molecule has 154 valence electrons. The van der Waals surface area contributed by atoms with Crippen molar-refractivity contribution in [1.29, 1.82) is 0 Å². The number of benzene rings is 1. The Balaban J connectivity index is 1.51. The summed E-state index contributed by atoms with van der Waals surface area (Å²) >= 11 is 1.37. The zero-order valence-electron chi connectivity index (χ0n) is 17.0. The number of anilines is 2. The molecule has 0 saturated heterocycles. The number of aryl methyl sites for hydroxylation is 1. The summed E-state index contributed by atoms with van der Waals surface area (Å²) in [5, 5.41) is 2.86. The van der Waals surface area contributed by atoms with Crippen LogP contribution in [0.1, 0.15) is 25.1 Å². The van der Waals surface area contributed by atoms with Crippen LogP contribution in [0.4, 0.5) is 11.4 Å². The second-order valence-electron chi connectivity index (χ2n) is 7.77. The third-order valence-corrected chi connectivity index (χ3v) is 6.04. The van der Waals surface area contributed by atoms with Gasteiger partial charge in [-0.05, 0) is 44.5 Å². The minimum absolute atomic E-state index is 0.145. The Morgan fingerprint density at radius 2 is 1.93 bits per heavy atom. The zero-order chi connectivity index (χ0) is 21.5. The summed E-state index contributed by atoms with van der Waals surface area (Å²) in [6.45, 7) is 5.38. The normalized spacial score (nSPS) is 15.0. The van der Waals surface area contributed by atoms with Crippen LogP contribution < -0.4 is 15.8 Å². The lowest BCUT2D eigenvalue weighted by molar-refractivity contribution is -0.125. The van der Waals surface area contributed by atoms with Crippen LogP contribution in [0, 0.1) is 6.92 Å². The van der Waals surface area contributed by atoms with E-state index in [4.69, 9.17) is 0 Å². The van der Waals surface area contributed by atoms with Gasteiger partial charge in [0, 0.05) is 18.0 Å². The number of thioether (sulfide) groups is 1. The van der Waals surface area contributed by atoms with E-state index < -0.39 is 5.54 Å². The molecule has 8 heteroatoms. The van der Waals surface area contributed by atoms with E-state index in [1.54, 1.807) is 31.0 Å². The van der Waals surface area contributed by atoms with Gasteiger partial charge in [-0.2, -0.15) is 0 Å². The van der Waals surface area contributed by atoms with E-state index in [0.717, 1.165) is 5.56 Å². The average Bonchev–Trinajstić information content (AvgIpc) is 2.69. The number of hydrogen-bond donors (Lipinski definition) is 1. The van der Waals surface area contributed by atoms with Gasteiger partial charge in [-0.15, -0.1) is 11.8 Å². The molecule has 0 fully saturated rings. The molecule has 1 aliphatic rings. The van der Waals surface area contributed by atoms with Crippen molar-refractivity contribution in [3.05, 3.63) is 70.3 Å². The van der Waals surface area contributed by atoms with Gasteiger partial charge in [-0.1, -0.05) is 18.2 Å². The Labute approximate surface area is 178 Å². The van der Waals surface area contributed by atoms with E-state index in [1.165, 1.54) is 22.2 Å². The van der Waals surface area contributed by atoms with Crippen molar-refractivity contribution < 1.29 is 9.59 Å². The first kappa shape index (κ1) is 20.2. The molecular formula is C22H22N4O3S. The molecule has 0 saturated carbocycles. The molecule has 30 heavy (non-hydrogen) atoms. The summed E-state index contributed by atoms with van der Waals surface area (Å²) in [6.07, 6.45) is 1.76. The van der Waals surface area contributed by atoms with Crippen LogP contribution in [0.5, 0.6) is 0 Å². The van der Waals surface area contributed by atoms with Gasteiger partial charge in [0.25, 0.3) is 5.56 Å². The molecule has 1 aromatic carbocycles. The van der Waals surface area contributed by atoms with Crippen LogP contribution in [0.15, 0.2) is 53.5 Å². The van der Waals surface area contributed by atoms with Gasteiger partial charge in [-0.3, -0.25) is 23.7 Å². The minimum Gasteiger partial charge on any atom is -0.322 e. The zero-order valence-corrected chi connectivity index (χ0v) is 17.8. The van der Waals surface area contributed by atoms with Crippen molar-refractivity contribution in [2.24, 2.45) is 0 Å². The van der Waals surface area contributed by atoms with Gasteiger partial charge in [0.1, 0.15) is 11.2 Å². The van der Waals surface area contributed by atoms with Crippen LogP contribution in [0.2, 0.25) is 0 Å². The molecule has 3 heterocycles. The second-order valence-corrected chi connectivity index (χ2v) is 8.76. The van der Waals surface area contributed by atoms with E-state index in [2.05, 4.69) is 10.3 Å². The van der Waals surface area contributed by atoms with E-state index in [0.29, 0.717) is 28.5 Å². The molecule has 4 rings (SSSR count). The number of nitrogens with one attached hydrogen (secondary N) is 1. The quantitative estimate of drug-likeness (QED) is 0.699. The van der Waals surface area contributed by atoms with Crippen molar-refractivity contribution in [1.82, 2.24) is 9.38 Å². The summed E-state index contributed by atoms with van der Waals surface area (Å²) in [5.74, 6) is 0.201. The van der Waals surface area contributed by atoms with E-state index in [9.17, 15) is 14.4 Å². The molecule has 7 nitrogen and oxygen atoms in total. The maximum absolute atomic E-state index is 13.1. The Hall–Kier alpha value is -3.13. The molecule has 0 atom stereocenters. The maximum Gasteiger partial charge on any atom is 0.258 e. The molecule has 1 N–H and O–H groups in total. The molecule has 0 aliphatic carbocycles. The number of carbonyl (C=O) groups is 2. The van der Waals surface area contributed by atoms with Crippen LogP contribution in [-0.2, 0) is 15.3 Å². The highest BCUT2D eigenvalue weighted by Crippen LogP contribution is 2.37. The van der Waals surface area contributed by atoms with Crippen LogP contribution in [0.3, 0.4) is 0 Å². The highest BCUT2D eigenvalue weighted by molar-refractivity contribution is 7.99. The lowest BCUT2D eigenvalue weighted by Gasteiger charge is -2.42. The first-order valence-electron chi connectivity index (χ1n) is 9.57. The van der Waals surface area contributed by atoms with Gasteiger partial charge in [-0.25, -0.2) is 4.98 Å². The van der Waals surface area contributed by atoms with Crippen molar-refractivity contribution >= 4 is 40.6 Å². The lowest BCUT2D eigenvalue weighted by atomic mass is 9.96. The van der Waals surface area contributed by atoms with E-state index >= 15 is 0 Å². The van der Waals surface area contributed by atoms with Crippen molar-refractivity contribution in [3.63, 3.8) is 0 Å². The fraction of sp³-hybridized carbons (Fsp3) is 0.273. The number of hydrogen-bond acceptors (Lipinski definition) is 5. The Bertz CT molecular complexity index is 1220. The molecule has 0 radical (unpaired) electrons. The van der Waals surface area contributed by atoms with Gasteiger partial charge in [0.15, 0.2) is 0 Å². The molecular weight excluding hydrogens is 400 g/mol. The number of carbonyl (C=O) groups excluding carboxylic acids is 2. The molecule has 0 unspecified atom stereocenters. The number of nitrogens with zero attached hydrogens (tertiary/aromatic N) is 3. The monoisotopic (exact) mass is 422 g/mol. The number of amides is 2.